The highest BCUT2D eigenvalue weighted by atomic mass is 16.6. The normalized spacial score (nSPS) is 11.4. The first kappa shape index (κ1) is 32.0. The van der Waals surface area contributed by atoms with Gasteiger partial charge in [-0.05, 0) is 68.3 Å². The third kappa shape index (κ3) is 7.62. The van der Waals surface area contributed by atoms with E-state index in [2.05, 4.69) is 89.8 Å². The average molecular weight is 612 g/mol. The zero-order valence-corrected chi connectivity index (χ0v) is 27.0. The molecule has 0 N–H and O–H groups in total. The van der Waals surface area contributed by atoms with Crippen LogP contribution in [0.5, 0.6) is 11.5 Å². The molecule has 0 saturated carbocycles. The lowest BCUT2D eigenvalue weighted by atomic mass is 9.79. The lowest BCUT2D eigenvalue weighted by Gasteiger charge is -2.26. The van der Waals surface area contributed by atoms with E-state index in [9.17, 15) is 14.9 Å². The molecule has 0 heterocycles. The van der Waals surface area contributed by atoms with Crippen LogP contribution in [0.2, 0.25) is 0 Å². The van der Waals surface area contributed by atoms with Crippen molar-refractivity contribution in [1.29, 1.82) is 0 Å². The van der Waals surface area contributed by atoms with E-state index in [-0.39, 0.29) is 22.3 Å². The lowest BCUT2D eigenvalue weighted by molar-refractivity contribution is -0.384. The number of carbonyl (C=O) groups is 1. The predicted octanol–water partition coefficient (Wildman–Crippen LogP) is 9.55. The topological polar surface area (TPSA) is 78.7 Å². The number of nitro groups is 1. The van der Waals surface area contributed by atoms with Crippen LogP contribution >= 0.6 is 0 Å². The van der Waals surface area contributed by atoms with E-state index in [1.807, 2.05) is 42.5 Å². The molecule has 0 aromatic heterocycles. The largest absolute Gasteiger partial charge is 0.488 e. The van der Waals surface area contributed by atoms with Crippen molar-refractivity contribution in [3.63, 3.8) is 0 Å². The molecule has 6 heteroatoms. The average Bonchev–Trinajstić information content (AvgIpc) is 3.02. The van der Waals surface area contributed by atoms with Crippen LogP contribution in [0.15, 0.2) is 103 Å². The Morgan fingerprint density at radius 2 is 1.41 bits per heavy atom. The summed E-state index contributed by atoms with van der Waals surface area (Å²) >= 11 is 0. The smallest absolute Gasteiger partial charge is 0.390 e. The summed E-state index contributed by atoms with van der Waals surface area (Å²) in [6.45, 7) is 13.5. The monoisotopic (exact) mass is 611 g/mol. The fraction of sp³-hybridized carbons (Fsp3) is 0.225. The van der Waals surface area contributed by atoms with E-state index >= 15 is 0 Å². The number of nitrogens with zero attached hydrogens (tertiary/aromatic N) is 1. The number of benzene rings is 5. The number of hydrogen-bond acceptors (Lipinski definition) is 5. The Morgan fingerprint density at radius 3 is 2.02 bits per heavy atom. The van der Waals surface area contributed by atoms with Crippen LogP contribution in [0, 0.1) is 22.0 Å². The van der Waals surface area contributed by atoms with Gasteiger partial charge in [0.1, 0.15) is 18.1 Å². The summed E-state index contributed by atoms with van der Waals surface area (Å²) in [6.07, 6.45) is 0. The molecular formula is C40H37NO5. The van der Waals surface area contributed by atoms with Gasteiger partial charge < -0.3 is 9.47 Å². The van der Waals surface area contributed by atoms with Crippen molar-refractivity contribution in [1.82, 2.24) is 0 Å². The van der Waals surface area contributed by atoms with Gasteiger partial charge in [-0.15, -0.1) is 0 Å². The van der Waals surface area contributed by atoms with Crippen LogP contribution in [-0.4, -0.2) is 10.9 Å². The number of nitro benzene ring substituents is 1. The molecule has 5 aromatic rings. The summed E-state index contributed by atoms with van der Waals surface area (Å²) in [5.41, 5.74) is 6.09. The second-order valence-corrected chi connectivity index (χ2v) is 13.3. The van der Waals surface area contributed by atoms with Gasteiger partial charge >= 0.3 is 5.97 Å². The van der Waals surface area contributed by atoms with Gasteiger partial charge in [-0.2, -0.15) is 0 Å². The van der Waals surface area contributed by atoms with E-state index in [1.165, 1.54) is 35.4 Å². The Hall–Kier alpha value is -5.41. The Balaban J connectivity index is 1.51. The summed E-state index contributed by atoms with van der Waals surface area (Å²) < 4.78 is 11.8. The summed E-state index contributed by atoms with van der Waals surface area (Å²) in [5.74, 6) is 5.54. The Labute approximate surface area is 270 Å². The molecule has 0 saturated heterocycles. The van der Waals surface area contributed by atoms with Gasteiger partial charge in [-0.3, -0.25) is 10.1 Å². The first-order valence-corrected chi connectivity index (χ1v) is 15.2. The Bertz CT molecular complexity index is 1940. The van der Waals surface area contributed by atoms with Gasteiger partial charge in [0.05, 0.1) is 10.5 Å². The highest BCUT2D eigenvalue weighted by molar-refractivity contribution is 5.96. The zero-order valence-electron chi connectivity index (χ0n) is 27.0. The molecule has 46 heavy (non-hydrogen) atoms. The summed E-state index contributed by atoms with van der Waals surface area (Å²) in [4.78, 5) is 23.2. The highest BCUT2D eigenvalue weighted by Gasteiger charge is 2.21. The van der Waals surface area contributed by atoms with Crippen LogP contribution in [0.4, 0.5) is 5.69 Å². The van der Waals surface area contributed by atoms with Crippen LogP contribution in [0.3, 0.4) is 0 Å². The number of rotatable bonds is 6. The molecule has 0 amide bonds. The molecular weight excluding hydrogens is 574 g/mol. The minimum atomic E-state index is -0.787. The molecule has 0 radical (unpaired) electrons. The van der Waals surface area contributed by atoms with Crippen molar-refractivity contribution in [3.8, 4) is 34.5 Å². The van der Waals surface area contributed by atoms with Crippen molar-refractivity contribution in [2.75, 3.05) is 0 Å². The van der Waals surface area contributed by atoms with Gasteiger partial charge in [0, 0.05) is 23.4 Å². The third-order valence-electron chi connectivity index (χ3n) is 7.76. The molecule has 5 aromatic carbocycles. The van der Waals surface area contributed by atoms with Crippen LogP contribution in [-0.2, 0) is 22.2 Å². The summed E-state index contributed by atoms with van der Waals surface area (Å²) in [6, 6.07) is 32.1. The quantitative estimate of drug-likeness (QED) is 0.0628. The Morgan fingerprint density at radius 1 is 0.761 bits per heavy atom. The maximum absolute atomic E-state index is 12.8. The van der Waals surface area contributed by atoms with Crippen molar-refractivity contribution in [2.24, 2.45) is 0 Å². The second-order valence-electron chi connectivity index (χ2n) is 13.3. The highest BCUT2D eigenvalue weighted by Crippen LogP contribution is 2.34. The molecule has 0 spiro atoms. The summed E-state index contributed by atoms with van der Waals surface area (Å²) in [7, 11) is 0. The number of ether oxygens (including phenoxy) is 2. The van der Waals surface area contributed by atoms with Crippen molar-refractivity contribution in [3.05, 3.63) is 135 Å². The third-order valence-corrected chi connectivity index (χ3v) is 7.76. The molecule has 6 nitrogen and oxygen atoms in total. The first-order valence-electron chi connectivity index (χ1n) is 15.2. The maximum atomic E-state index is 12.8. The molecule has 232 valence electrons. The van der Waals surface area contributed by atoms with Gasteiger partial charge in [0.2, 0.25) is 0 Å². The number of non-ortho nitro benzene ring substituents is 1. The molecule has 0 unspecified atom stereocenters. The van der Waals surface area contributed by atoms with Crippen LogP contribution < -0.4 is 9.47 Å². The molecule has 0 aliphatic rings. The fourth-order valence-corrected chi connectivity index (χ4v) is 5.05. The molecule has 5 rings (SSSR count). The number of carbonyl (C=O) groups excluding carboxylic acids is 1. The van der Waals surface area contributed by atoms with Gasteiger partial charge in [0.15, 0.2) is 0 Å². The van der Waals surface area contributed by atoms with Crippen LogP contribution in [0.25, 0.3) is 21.9 Å². The van der Waals surface area contributed by atoms with E-state index in [4.69, 9.17) is 9.47 Å². The fourth-order valence-electron chi connectivity index (χ4n) is 5.05. The molecule has 0 aliphatic carbocycles. The van der Waals surface area contributed by atoms with Gasteiger partial charge in [0.25, 0.3) is 5.69 Å². The lowest BCUT2D eigenvalue weighted by Crippen LogP contribution is -2.17. The molecule has 0 fully saturated rings. The standard InChI is InChI=1S/C40H37NO5/c1-39(2,3)31-22-27(23-32(25-31)40(4,5)6)26-45-37-20-13-30-24-29(28-10-8-7-9-11-28)12-18-35(30)36(37)19-21-38(42)46-34-16-14-33(15-17-34)41(43)44/h7-18,20,22-25H,26H2,1-6H3. The van der Waals surface area contributed by atoms with Crippen LogP contribution in [0.1, 0.15) is 63.8 Å². The van der Waals surface area contributed by atoms with Gasteiger partial charge in [-0.25, -0.2) is 4.79 Å². The van der Waals surface area contributed by atoms with Crippen molar-refractivity contribution in [2.45, 2.75) is 59.0 Å². The SMILES string of the molecule is CC(C)(C)c1cc(COc2ccc3cc(-c4ccccc4)ccc3c2C#CC(=O)Oc2ccc([N+](=O)[O-])cc2)cc(C(C)(C)C)c1. The van der Waals surface area contributed by atoms with Crippen molar-refractivity contribution < 1.29 is 19.2 Å². The van der Waals surface area contributed by atoms with Crippen molar-refractivity contribution >= 4 is 22.4 Å². The maximum Gasteiger partial charge on any atom is 0.390 e. The van der Waals surface area contributed by atoms with E-state index in [1.54, 1.807) is 0 Å². The Kier molecular flexibility index (Phi) is 8.98. The number of hydrogen-bond donors (Lipinski definition) is 0. The van der Waals surface area contributed by atoms with E-state index in [0.717, 1.165) is 27.5 Å². The zero-order chi connectivity index (χ0) is 33.1. The minimum absolute atomic E-state index is 0.0317. The molecule has 0 atom stereocenters. The van der Waals surface area contributed by atoms with E-state index < -0.39 is 10.9 Å². The predicted molar refractivity (Wildman–Crippen MR) is 183 cm³/mol. The number of esters is 1. The number of fused-ring (bicyclic) bond motifs is 1. The van der Waals surface area contributed by atoms with Gasteiger partial charge in [-0.1, -0.05) is 114 Å². The minimum Gasteiger partial charge on any atom is -0.488 e. The summed E-state index contributed by atoms with van der Waals surface area (Å²) in [5, 5.41) is 12.8. The second kappa shape index (κ2) is 12.9. The molecule has 0 bridgehead atoms. The van der Waals surface area contributed by atoms with E-state index in [0.29, 0.717) is 17.9 Å². The molecule has 0 aliphatic heterocycles. The first-order chi connectivity index (χ1) is 21.8.